The Morgan fingerprint density at radius 1 is 1.38 bits per heavy atom. The van der Waals surface area contributed by atoms with Gasteiger partial charge < -0.3 is 15.4 Å². The van der Waals surface area contributed by atoms with Crippen LogP contribution < -0.4 is 10.6 Å². The number of carbonyl (C=O) groups excluding carboxylic acids is 1. The number of carbonyl (C=O) groups is 1. The molecule has 92 valence electrons. The van der Waals surface area contributed by atoms with Crippen molar-refractivity contribution in [1.29, 1.82) is 0 Å². The molecule has 0 unspecified atom stereocenters. The number of hydrogen-bond acceptors (Lipinski definition) is 3. The fraction of sp³-hybridized carbons (Fsp3) is 0.917. The predicted octanol–water partition coefficient (Wildman–Crippen LogP) is 0.670. The lowest BCUT2D eigenvalue weighted by Gasteiger charge is -2.39. The van der Waals surface area contributed by atoms with Crippen LogP contribution in [0.1, 0.15) is 32.6 Å². The average Bonchev–Trinajstić information content (AvgIpc) is 2.28. The molecule has 2 N–H and O–H groups in total. The van der Waals surface area contributed by atoms with Crippen molar-refractivity contribution in [3.8, 4) is 0 Å². The lowest BCUT2D eigenvalue weighted by molar-refractivity contribution is -0.148. The second-order valence-electron chi connectivity index (χ2n) is 5.20. The van der Waals surface area contributed by atoms with Crippen LogP contribution in [0.2, 0.25) is 0 Å². The van der Waals surface area contributed by atoms with Gasteiger partial charge in [0.2, 0.25) is 0 Å². The Bertz CT molecular complexity index is 256. The molecule has 0 aromatic rings. The summed E-state index contributed by atoms with van der Waals surface area (Å²) in [5.74, 6) is 0.852. The zero-order valence-corrected chi connectivity index (χ0v) is 10.2. The molecule has 0 radical (unpaired) electrons. The van der Waals surface area contributed by atoms with Crippen molar-refractivity contribution in [2.24, 2.45) is 5.92 Å². The molecule has 0 atom stereocenters. The first kappa shape index (κ1) is 11.9. The lowest BCUT2D eigenvalue weighted by Crippen LogP contribution is -2.57. The summed E-state index contributed by atoms with van der Waals surface area (Å²) in [5.41, 5.74) is -0.579. The van der Waals surface area contributed by atoms with E-state index in [1.54, 1.807) is 7.11 Å². The van der Waals surface area contributed by atoms with Crippen LogP contribution in [0.25, 0.3) is 0 Å². The van der Waals surface area contributed by atoms with Gasteiger partial charge in [0.15, 0.2) is 0 Å². The van der Waals surface area contributed by atoms with E-state index in [1.165, 1.54) is 0 Å². The maximum atomic E-state index is 12.2. The molecule has 16 heavy (non-hydrogen) atoms. The Morgan fingerprint density at radius 2 is 2.00 bits per heavy atom. The molecule has 0 aromatic heterocycles. The van der Waals surface area contributed by atoms with Crippen molar-refractivity contribution < 1.29 is 9.53 Å². The summed E-state index contributed by atoms with van der Waals surface area (Å²) < 4.78 is 5.48. The third kappa shape index (κ3) is 2.23. The topological polar surface area (TPSA) is 50.4 Å². The van der Waals surface area contributed by atoms with Crippen LogP contribution in [0.15, 0.2) is 0 Å². The summed E-state index contributed by atoms with van der Waals surface area (Å²) in [6.07, 6.45) is 3.78. The van der Waals surface area contributed by atoms with Gasteiger partial charge in [-0.3, -0.25) is 4.79 Å². The molecule has 1 aliphatic heterocycles. The van der Waals surface area contributed by atoms with Gasteiger partial charge in [-0.1, -0.05) is 6.92 Å². The average molecular weight is 226 g/mol. The van der Waals surface area contributed by atoms with E-state index in [-0.39, 0.29) is 5.91 Å². The Hall–Kier alpha value is -0.610. The molecule has 1 aliphatic carbocycles. The molecule has 0 bridgehead atoms. The van der Waals surface area contributed by atoms with Crippen molar-refractivity contribution in [3.63, 3.8) is 0 Å². The van der Waals surface area contributed by atoms with Crippen molar-refractivity contribution in [1.82, 2.24) is 10.6 Å². The monoisotopic (exact) mass is 226 g/mol. The normalized spacial score (nSPS) is 32.9. The fourth-order valence-corrected chi connectivity index (χ4v) is 2.69. The first-order valence-corrected chi connectivity index (χ1v) is 6.23. The Labute approximate surface area is 97.1 Å². The number of piperidine rings is 1. The molecule has 0 aromatic carbocycles. The highest BCUT2D eigenvalue weighted by molar-refractivity contribution is 5.85. The van der Waals surface area contributed by atoms with E-state index in [4.69, 9.17) is 4.74 Å². The molecular weight excluding hydrogens is 204 g/mol. The van der Waals surface area contributed by atoms with Gasteiger partial charge in [0.1, 0.15) is 5.60 Å². The van der Waals surface area contributed by atoms with Crippen molar-refractivity contribution in [3.05, 3.63) is 0 Å². The molecular formula is C12H22N2O2. The number of ether oxygens (including phenoxy) is 1. The SMILES string of the molecule is COC1(C(=O)NC2CC(C)C2)CCNCC1. The number of rotatable bonds is 3. The Balaban J connectivity index is 1.90. The summed E-state index contributed by atoms with van der Waals surface area (Å²) >= 11 is 0. The molecule has 1 heterocycles. The van der Waals surface area contributed by atoms with Gasteiger partial charge in [0.05, 0.1) is 0 Å². The van der Waals surface area contributed by atoms with Crippen molar-refractivity contribution in [2.75, 3.05) is 20.2 Å². The fourth-order valence-electron chi connectivity index (χ4n) is 2.69. The van der Waals surface area contributed by atoms with Crippen LogP contribution in [0.3, 0.4) is 0 Å². The first-order chi connectivity index (χ1) is 7.66. The number of hydrogen-bond donors (Lipinski definition) is 2. The van der Waals surface area contributed by atoms with Gasteiger partial charge >= 0.3 is 0 Å². The third-order valence-electron chi connectivity index (χ3n) is 3.92. The van der Waals surface area contributed by atoms with E-state index < -0.39 is 5.60 Å². The smallest absolute Gasteiger partial charge is 0.252 e. The molecule has 1 saturated heterocycles. The highest BCUT2D eigenvalue weighted by atomic mass is 16.5. The molecule has 1 saturated carbocycles. The summed E-state index contributed by atoms with van der Waals surface area (Å²) in [7, 11) is 1.65. The van der Waals surface area contributed by atoms with E-state index in [9.17, 15) is 4.79 Å². The van der Waals surface area contributed by atoms with Gasteiger partial charge in [-0.2, -0.15) is 0 Å². The minimum absolute atomic E-state index is 0.0911. The summed E-state index contributed by atoms with van der Waals surface area (Å²) in [4.78, 5) is 12.2. The maximum Gasteiger partial charge on any atom is 0.252 e. The first-order valence-electron chi connectivity index (χ1n) is 6.23. The van der Waals surface area contributed by atoms with E-state index in [1.807, 2.05) is 0 Å². The number of nitrogens with one attached hydrogen (secondary N) is 2. The van der Waals surface area contributed by atoms with Crippen LogP contribution >= 0.6 is 0 Å². The summed E-state index contributed by atoms with van der Waals surface area (Å²) in [6.45, 7) is 3.95. The van der Waals surface area contributed by atoms with Gasteiger partial charge in [-0.15, -0.1) is 0 Å². The molecule has 2 fully saturated rings. The van der Waals surface area contributed by atoms with Crippen LogP contribution in [0.4, 0.5) is 0 Å². The second kappa shape index (κ2) is 4.72. The third-order valence-corrected chi connectivity index (χ3v) is 3.92. The van der Waals surface area contributed by atoms with Gasteiger partial charge in [0, 0.05) is 13.2 Å². The van der Waals surface area contributed by atoms with Crippen LogP contribution in [-0.4, -0.2) is 37.7 Å². The standard InChI is InChI=1S/C12H22N2O2/c1-9-7-10(8-9)14-11(15)12(16-2)3-5-13-6-4-12/h9-10,13H,3-8H2,1-2H3,(H,14,15). The van der Waals surface area contributed by atoms with Crippen molar-refractivity contribution in [2.45, 2.75) is 44.2 Å². The van der Waals surface area contributed by atoms with Crippen LogP contribution in [0.5, 0.6) is 0 Å². The maximum absolute atomic E-state index is 12.2. The van der Waals surface area contributed by atoms with Crippen molar-refractivity contribution >= 4 is 5.91 Å². The molecule has 4 nitrogen and oxygen atoms in total. The zero-order chi connectivity index (χ0) is 11.6. The molecule has 2 aliphatic rings. The van der Waals surface area contributed by atoms with Crippen LogP contribution in [-0.2, 0) is 9.53 Å². The Kier molecular flexibility index (Phi) is 3.50. The highest BCUT2D eigenvalue weighted by Crippen LogP contribution is 2.28. The predicted molar refractivity (Wildman–Crippen MR) is 62.2 cm³/mol. The lowest BCUT2D eigenvalue weighted by atomic mass is 9.81. The van der Waals surface area contributed by atoms with Crippen LogP contribution in [0, 0.1) is 5.92 Å². The van der Waals surface area contributed by atoms with E-state index in [0.717, 1.165) is 44.7 Å². The van der Waals surface area contributed by atoms with E-state index in [2.05, 4.69) is 17.6 Å². The molecule has 4 heteroatoms. The minimum atomic E-state index is -0.579. The van der Waals surface area contributed by atoms with E-state index in [0.29, 0.717) is 6.04 Å². The molecule has 2 rings (SSSR count). The van der Waals surface area contributed by atoms with Gasteiger partial charge in [0.25, 0.3) is 5.91 Å². The number of amides is 1. The zero-order valence-electron chi connectivity index (χ0n) is 10.2. The quantitative estimate of drug-likeness (QED) is 0.743. The largest absolute Gasteiger partial charge is 0.368 e. The van der Waals surface area contributed by atoms with Gasteiger partial charge in [-0.05, 0) is 44.7 Å². The van der Waals surface area contributed by atoms with Gasteiger partial charge in [-0.25, -0.2) is 0 Å². The second-order valence-corrected chi connectivity index (χ2v) is 5.20. The minimum Gasteiger partial charge on any atom is -0.368 e. The highest BCUT2D eigenvalue weighted by Gasteiger charge is 2.41. The summed E-state index contributed by atoms with van der Waals surface area (Å²) in [5, 5.41) is 6.37. The molecule has 0 spiro atoms. The molecule has 1 amide bonds. The summed E-state index contributed by atoms with van der Waals surface area (Å²) in [6, 6.07) is 0.379. The van der Waals surface area contributed by atoms with E-state index >= 15 is 0 Å². The number of methoxy groups -OCH3 is 1. The Morgan fingerprint density at radius 3 is 2.50 bits per heavy atom.